The summed E-state index contributed by atoms with van der Waals surface area (Å²) in [5.41, 5.74) is 0. The molecule has 1 rings (SSSR count). The molecular weight excluding hydrogens is 170 g/mol. The first-order chi connectivity index (χ1) is 6.77. The van der Waals surface area contributed by atoms with Gasteiger partial charge >= 0.3 is 0 Å². The van der Waals surface area contributed by atoms with Gasteiger partial charge in [0.15, 0.2) is 0 Å². The Labute approximate surface area is 89.7 Å². The van der Waals surface area contributed by atoms with E-state index in [2.05, 4.69) is 26.1 Å². The van der Waals surface area contributed by atoms with Crippen LogP contribution < -0.4 is 5.32 Å². The summed E-state index contributed by atoms with van der Waals surface area (Å²) in [6.45, 7) is 6.95. The van der Waals surface area contributed by atoms with Gasteiger partial charge in [-0.05, 0) is 38.5 Å². The molecule has 1 nitrogen and oxygen atoms in total. The smallest absolute Gasteiger partial charge is 0.00695 e. The lowest BCUT2D eigenvalue weighted by Crippen LogP contribution is -2.37. The van der Waals surface area contributed by atoms with Crippen molar-refractivity contribution < 1.29 is 0 Å². The molecule has 0 aromatic rings. The molecule has 0 aromatic heterocycles. The van der Waals surface area contributed by atoms with Gasteiger partial charge in [0.2, 0.25) is 0 Å². The highest BCUT2D eigenvalue weighted by atomic mass is 15.0. The van der Waals surface area contributed by atoms with Gasteiger partial charge in [-0.1, -0.05) is 33.1 Å². The summed E-state index contributed by atoms with van der Waals surface area (Å²) in [5.74, 6) is 0.996. The fourth-order valence-corrected chi connectivity index (χ4v) is 2.21. The first kappa shape index (κ1) is 12.0. The number of rotatable bonds is 8. The van der Waals surface area contributed by atoms with Crippen LogP contribution in [0.1, 0.15) is 65.7 Å². The van der Waals surface area contributed by atoms with Crippen molar-refractivity contribution in [3.8, 4) is 0 Å². The second-order valence-electron chi connectivity index (χ2n) is 4.92. The van der Waals surface area contributed by atoms with Crippen LogP contribution >= 0.6 is 0 Å². The van der Waals surface area contributed by atoms with E-state index in [0.29, 0.717) is 0 Å². The van der Waals surface area contributed by atoms with E-state index >= 15 is 0 Å². The minimum absolute atomic E-state index is 0.767. The number of unbranched alkanes of at least 4 members (excludes halogenated alkanes) is 1. The first-order valence-electron chi connectivity index (χ1n) is 6.54. The highest BCUT2D eigenvalue weighted by Crippen LogP contribution is 2.32. The van der Waals surface area contributed by atoms with E-state index in [1.54, 1.807) is 0 Å². The average Bonchev–Trinajstić information content (AvgIpc) is 2.97. The quantitative estimate of drug-likeness (QED) is 0.625. The molecule has 0 spiro atoms. The summed E-state index contributed by atoms with van der Waals surface area (Å²) >= 11 is 0. The van der Waals surface area contributed by atoms with E-state index in [1.807, 2.05) is 0 Å². The Morgan fingerprint density at radius 3 is 2.36 bits per heavy atom. The molecule has 0 bridgehead atoms. The molecular formula is C13H27N. The van der Waals surface area contributed by atoms with Crippen molar-refractivity contribution >= 4 is 0 Å². The van der Waals surface area contributed by atoms with Gasteiger partial charge < -0.3 is 5.32 Å². The maximum atomic E-state index is 3.81. The normalized spacial score (nSPS) is 20.8. The van der Waals surface area contributed by atoms with Crippen LogP contribution in [-0.2, 0) is 0 Å². The molecule has 1 heteroatoms. The second kappa shape index (κ2) is 6.44. The minimum Gasteiger partial charge on any atom is -0.311 e. The SMILES string of the molecule is CCCCC(CCC)NC(C)C1CC1. The minimum atomic E-state index is 0.767. The van der Waals surface area contributed by atoms with Crippen LogP contribution in [0.5, 0.6) is 0 Å². The van der Waals surface area contributed by atoms with E-state index in [4.69, 9.17) is 0 Å². The van der Waals surface area contributed by atoms with Gasteiger partial charge in [0.1, 0.15) is 0 Å². The molecule has 84 valence electrons. The van der Waals surface area contributed by atoms with Crippen molar-refractivity contribution in [2.75, 3.05) is 0 Å². The fraction of sp³-hybridized carbons (Fsp3) is 1.00. The Kier molecular flexibility index (Phi) is 5.54. The van der Waals surface area contributed by atoms with Crippen LogP contribution in [0, 0.1) is 5.92 Å². The molecule has 1 saturated carbocycles. The third-order valence-corrected chi connectivity index (χ3v) is 3.37. The summed E-state index contributed by atoms with van der Waals surface area (Å²) < 4.78 is 0. The highest BCUT2D eigenvalue weighted by molar-refractivity contribution is 4.85. The molecule has 1 fully saturated rings. The predicted octanol–water partition coefficient (Wildman–Crippen LogP) is 3.73. The molecule has 0 radical (unpaired) electrons. The van der Waals surface area contributed by atoms with Gasteiger partial charge in [-0.3, -0.25) is 0 Å². The van der Waals surface area contributed by atoms with E-state index in [-0.39, 0.29) is 0 Å². The Morgan fingerprint density at radius 1 is 1.14 bits per heavy atom. The van der Waals surface area contributed by atoms with E-state index in [9.17, 15) is 0 Å². The second-order valence-corrected chi connectivity index (χ2v) is 4.92. The van der Waals surface area contributed by atoms with Gasteiger partial charge in [0.25, 0.3) is 0 Å². The average molecular weight is 197 g/mol. The fourth-order valence-electron chi connectivity index (χ4n) is 2.21. The van der Waals surface area contributed by atoms with Crippen LogP contribution in [0.4, 0.5) is 0 Å². The van der Waals surface area contributed by atoms with Crippen LogP contribution in [0.3, 0.4) is 0 Å². The third kappa shape index (κ3) is 4.45. The molecule has 14 heavy (non-hydrogen) atoms. The number of hydrogen-bond acceptors (Lipinski definition) is 1. The summed E-state index contributed by atoms with van der Waals surface area (Å²) in [7, 11) is 0. The van der Waals surface area contributed by atoms with Crippen LogP contribution in [-0.4, -0.2) is 12.1 Å². The molecule has 0 aliphatic heterocycles. The maximum absolute atomic E-state index is 3.81. The van der Waals surface area contributed by atoms with Crippen LogP contribution in [0.2, 0.25) is 0 Å². The van der Waals surface area contributed by atoms with Crippen LogP contribution in [0.15, 0.2) is 0 Å². The maximum Gasteiger partial charge on any atom is 0.00695 e. The molecule has 2 unspecified atom stereocenters. The number of nitrogens with one attached hydrogen (secondary N) is 1. The topological polar surface area (TPSA) is 12.0 Å². The van der Waals surface area contributed by atoms with Crippen molar-refractivity contribution in [3.05, 3.63) is 0 Å². The molecule has 0 aromatic carbocycles. The first-order valence-corrected chi connectivity index (χ1v) is 6.54. The summed E-state index contributed by atoms with van der Waals surface area (Å²) in [5, 5.41) is 3.81. The predicted molar refractivity (Wildman–Crippen MR) is 63.5 cm³/mol. The summed E-state index contributed by atoms with van der Waals surface area (Å²) in [4.78, 5) is 0. The summed E-state index contributed by atoms with van der Waals surface area (Å²) in [6.07, 6.45) is 9.69. The lowest BCUT2D eigenvalue weighted by atomic mass is 10.0. The zero-order valence-electron chi connectivity index (χ0n) is 10.2. The molecule has 1 aliphatic rings. The third-order valence-electron chi connectivity index (χ3n) is 3.37. The van der Waals surface area contributed by atoms with Gasteiger partial charge in [-0.2, -0.15) is 0 Å². The highest BCUT2D eigenvalue weighted by Gasteiger charge is 2.28. The summed E-state index contributed by atoms with van der Waals surface area (Å²) in [6, 6.07) is 1.55. The van der Waals surface area contributed by atoms with Crippen molar-refractivity contribution in [1.29, 1.82) is 0 Å². The Bertz CT molecular complexity index is 140. The van der Waals surface area contributed by atoms with E-state index < -0.39 is 0 Å². The Morgan fingerprint density at radius 2 is 1.86 bits per heavy atom. The zero-order valence-corrected chi connectivity index (χ0v) is 10.2. The Balaban J connectivity index is 2.18. The largest absolute Gasteiger partial charge is 0.311 e. The standard InChI is InChI=1S/C13H27N/c1-4-6-8-13(7-5-2)14-11(3)12-9-10-12/h11-14H,4-10H2,1-3H3. The van der Waals surface area contributed by atoms with Crippen molar-refractivity contribution in [2.45, 2.75) is 77.8 Å². The lowest BCUT2D eigenvalue weighted by Gasteiger charge is -2.22. The monoisotopic (exact) mass is 197 g/mol. The molecule has 1 aliphatic carbocycles. The van der Waals surface area contributed by atoms with Gasteiger partial charge in [-0.15, -0.1) is 0 Å². The zero-order chi connectivity index (χ0) is 10.4. The van der Waals surface area contributed by atoms with Gasteiger partial charge in [-0.25, -0.2) is 0 Å². The van der Waals surface area contributed by atoms with Crippen molar-refractivity contribution in [3.63, 3.8) is 0 Å². The van der Waals surface area contributed by atoms with Gasteiger partial charge in [0.05, 0.1) is 0 Å². The van der Waals surface area contributed by atoms with Crippen LogP contribution in [0.25, 0.3) is 0 Å². The molecule has 0 saturated heterocycles. The van der Waals surface area contributed by atoms with Crippen molar-refractivity contribution in [1.82, 2.24) is 5.32 Å². The van der Waals surface area contributed by atoms with Gasteiger partial charge in [0, 0.05) is 12.1 Å². The molecule has 0 heterocycles. The number of hydrogen-bond donors (Lipinski definition) is 1. The Hall–Kier alpha value is -0.0400. The lowest BCUT2D eigenvalue weighted by molar-refractivity contribution is 0.370. The van der Waals surface area contributed by atoms with E-state index in [0.717, 1.165) is 18.0 Å². The van der Waals surface area contributed by atoms with E-state index in [1.165, 1.54) is 44.9 Å². The molecule has 1 N–H and O–H groups in total. The molecule has 0 amide bonds. The van der Waals surface area contributed by atoms with Crippen molar-refractivity contribution in [2.24, 2.45) is 5.92 Å². The molecule has 2 atom stereocenters.